The highest BCUT2D eigenvalue weighted by molar-refractivity contribution is 7.91. The molecule has 1 atom stereocenters. The predicted molar refractivity (Wildman–Crippen MR) is 124 cm³/mol. The zero-order chi connectivity index (χ0) is 23.6. The van der Waals surface area contributed by atoms with E-state index in [9.17, 15) is 22.8 Å². The number of piperazine rings is 1. The summed E-state index contributed by atoms with van der Waals surface area (Å²) in [5.74, 6) is -1.13. The maximum Gasteiger partial charge on any atom is 0.267 e. The molecule has 3 heterocycles. The highest BCUT2D eigenvalue weighted by atomic mass is 35.5. The third-order valence-electron chi connectivity index (χ3n) is 6.08. The summed E-state index contributed by atoms with van der Waals surface area (Å²) in [4.78, 5) is 41.2. The first kappa shape index (κ1) is 23.5. The Balaban J connectivity index is 1.28. The first-order chi connectivity index (χ1) is 15.7. The van der Waals surface area contributed by atoms with E-state index in [1.54, 1.807) is 4.90 Å². The van der Waals surface area contributed by atoms with E-state index in [0.717, 1.165) is 10.7 Å². The van der Waals surface area contributed by atoms with Crippen molar-refractivity contribution >= 4 is 50.6 Å². The lowest BCUT2D eigenvalue weighted by Gasteiger charge is -2.36. The summed E-state index contributed by atoms with van der Waals surface area (Å²) in [6.45, 7) is 2.21. The number of nitrogens with zero attached hydrogens (tertiary/aromatic N) is 4. The SMILES string of the molecule is O=C(NCC(=O)N1CCN(c2cccc(Cl)c2)CC1)C1=NN(C2CCS(=O)(=O)C2)C(=O)CC1. The molecule has 3 amide bonds. The molecule has 10 nitrogen and oxygen atoms in total. The number of hydrogen-bond acceptors (Lipinski definition) is 7. The standard InChI is InChI=1S/C21H26ClN5O5S/c22-15-2-1-3-16(12-15)25-7-9-26(10-8-25)20(29)13-23-21(30)18-4-5-19(28)27(24-18)17-6-11-33(31,32)14-17/h1-3,12,17H,4-11,13-14H2,(H,23,30). The Morgan fingerprint density at radius 2 is 1.91 bits per heavy atom. The molecule has 1 aromatic carbocycles. The van der Waals surface area contributed by atoms with Crippen LogP contribution >= 0.6 is 11.6 Å². The summed E-state index contributed by atoms with van der Waals surface area (Å²) in [5, 5.41) is 8.53. The molecule has 12 heteroatoms. The lowest BCUT2D eigenvalue weighted by molar-refractivity contribution is -0.134. The van der Waals surface area contributed by atoms with Crippen LogP contribution in [0.15, 0.2) is 29.4 Å². The number of carbonyl (C=O) groups is 3. The van der Waals surface area contributed by atoms with Crippen LogP contribution in [0.25, 0.3) is 0 Å². The number of hydrazone groups is 1. The van der Waals surface area contributed by atoms with Crippen LogP contribution in [0.2, 0.25) is 5.02 Å². The second-order valence-electron chi connectivity index (χ2n) is 8.37. The maximum absolute atomic E-state index is 12.6. The highest BCUT2D eigenvalue weighted by Gasteiger charge is 2.37. The Morgan fingerprint density at radius 3 is 2.58 bits per heavy atom. The van der Waals surface area contributed by atoms with E-state index in [0.29, 0.717) is 37.6 Å². The smallest absolute Gasteiger partial charge is 0.267 e. The quantitative estimate of drug-likeness (QED) is 0.626. The summed E-state index contributed by atoms with van der Waals surface area (Å²) < 4.78 is 23.5. The number of rotatable bonds is 5. The molecule has 2 fully saturated rings. The third kappa shape index (κ3) is 5.64. The summed E-state index contributed by atoms with van der Waals surface area (Å²) in [7, 11) is -3.19. The minimum atomic E-state index is -3.19. The number of hydrogen-bond donors (Lipinski definition) is 1. The topological polar surface area (TPSA) is 119 Å². The van der Waals surface area contributed by atoms with Crippen molar-refractivity contribution in [3.8, 4) is 0 Å². The van der Waals surface area contributed by atoms with Gasteiger partial charge < -0.3 is 15.1 Å². The summed E-state index contributed by atoms with van der Waals surface area (Å²) >= 11 is 6.06. The second-order valence-corrected chi connectivity index (χ2v) is 11.0. The van der Waals surface area contributed by atoms with Gasteiger partial charge >= 0.3 is 0 Å². The molecule has 0 saturated carbocycles. The van der Waals surface area contributed by atoms with Gasteiger partial charge in [-0.25, -0.2) is 13.4 Å². The molecule has 33 heavy (non-hydrogen) atoms. The molecule has 3 aliphatic rings. The monoisotopic (exact) mass is 495 g/mol. The van der Waals surface area contributed by atoms with Gasteiger partial charge in [0.05, 0.1) is 24.1 Å². The molecule has 0 bridgehead atoms. The van der Waals surface area contributed by atoms with Gasteiger partial charge in [0, 0.05) is 49.7 Å². The van der Waals surface area contributed by atoms with Gasteiger partial charge in [-0.05, 0) is 24.6 Å². The van der Waals surface area contributed by atoms with Gasteiger partial charge in [-0.15, -0.1) is 0 Å². The summed E-state index contributed by atoms with van der Waals surface area (Å²) in [5.41, 5.74) is 1.14. The number of carbonyl (C=O) groups excluding carboxylic acids is 3. The number of amides is 3. The second kappa shape index (κ2) is 9.68. The lowest BCUT2D eigenvalue weighted by Crippen LogP contribution is -2.52. The summed E-state index contributed by atoms with van der Waals surface area (Å²) in [6, 6.07) is 7.03. The molecule has 0 spiro atoms. The van der Waals surface area contributed by atoms with Crippen molar-refractivity contribution in [3.63, 3.8) is 0 Å². The molecule has 0 aliphatic carbocycles. The average Bonchev–Trinajstić information content (AvgIpc) is 3.17. The zero-order valence-electron chi connectivity index (χ0n) is 18.1. The minimum absolute atomic E-state index is 0.0115. The van der Waals surface area contributed by atoms with Crippen molar-refractivity contribution in [2.45, 2.75) is 25.3 Å². The highest BCUT2D eigenvalue weighted by Crippen LogP contribution is 2.23. The fraction of sp³-hybridized carbons (Fsp3) is 0.524. The van der Waals surface area contributed by atoms with Gasteiger partial charge in [0.25, 0.3) is 5.91 Å². The van der Waals surface area contributed by atoms with E-state index in [4.69, 9.17) is 11.6 Å². The molecule has 0 radical (unpaired) electrons. The van der Waals surface area contributed by atoms with Crippen LogP contribution < -0.4 is 10.2 Å². The first-order valence-electron chi connectivity index (χ1n) is 10.9. The molecule has 2 saturated heterocycles. The van der Waals surface area contributed by atoms with Gasteiger partial charge in [0.1, 0.15) is 5.71 Å². The molecule has 0 aromatic heterocycles. The molecule has 1 unspecified atom stereocenters. The Labute approximate surface area is 197 Å². The largest absolute Gasteiger partial charge is 0.368 e. The molecular weight excluding hydrogens is 470 g/mol. The molecular formula is C21H26ClN5O5S. The van der Waals surface area contributed by atoms with Crippen LogP contribution in [0.4, 0.5) is 5.69 Å². The van der Waals surface area contributed by atoms with E-state index in [2.05, 4.69) is 15.3 Å². The lowest BCUT2D eigenvalue weighted by atomic mass is 10.1. The number of nitrogens with one attached hydrogen (secondary N) is 1. The van der Waals surface area contributed by atoms with Crippen molar-refractivity contribution in [2.75, 3.05) is 49.1 Å². The minimum Gasteiger partial charge on any atom is -0.368 e. The Kier molecular flexibility index (Phi) is 6.89. The zero-order valence-corrected chi connectivity index (χ0v) is 19.6. The molecule has 178 valence electrons. The Hall–Kier alpha value is -2.66. The van der Waals surface area contributed by atoms with Crippen molar-refractivity contribution in [2.24, 2.45) is 5.10 Å². The van der Waals surface area contributed by atoms with Crippen molar-refractivity contribution in [3.05, 3.63) is 29.3 Å². The van der Waals surface area contributed by atoms with Crippen LogP contribution in [0.3, 0.4) is 0 Å². The van der Waals surface area contributed by atoms with Crippen LogP contribution in [0.1, 0.15) is 19.3 Å². The summed E-state index contributed by atoms with van der Waals surface area (Å²) in [6.07, 6.45) is 0.557. The van der Waals surface area contributed by atoms with Crippen LogP contribution in [0, 0.1) is 0 Å². The fourth-order valence-electron chi connectivity index (χ4n) is 4.24. The number of benzene rings is 1. The molecule has 3 aliphatic heterocycles. The van der Waals surface area contributed by atoms with E-state index in [1.807, 2.05) is 24.3 Å². The van der Waals surface area contributed by atoms with Crippen LogP contribution in [0.5, 0.6) is 0 Å². The van der Waals surface area contributed by atoms with Gasteiger partial charge in [-0.2, -0.15) is 5.10 Å². The average molecular weight is 496 g/mol. The first-order valence-corrected chi connectivity index (χ1v) is 13.1. The van der Waals surface area contributed by atoms with E-state index < -0.39 is 21.8 Å². The van der Waals surface area contributed by atoms with Crippen molar-refractivity contribution in [1.29, 1.82) is 0 Å². The maximum atomic E-state index is 12.6. The van der Waals surface area contributed by atoms with Gasteiger partial charge in [0.2, 0.25) is 11.8 Å². The Morgan fingerprint density at radius 1 is 1.15 bits per heavy atom. The van der Waals surface area contributed by atoms with E-state index in [1.165, 1.54) is 0 Å². The van der Waals surface area contributed by atoms with Crippen molar-refractivity contribution < 1.29 is 22.8 Å². The fourth-order valence-corrected chi connectivity index (χ4v) is 6.12. The molecule has 4 rings (SSSR count). The predicted octanol–water partition coefficient (Wildman–Crippen LogP) is 0.270. The third-order valence-corrected chi connectivity index (χ3v) is 8.07. The van der Waals surface area contributed by atoms with Gasteiger partial charge in [-0.1, -0.05) is 17.7 Å². The number of anilines is 1. The van der Waals surface area contributed by atoms with E-state index >= 15 is 0 Å². The molecule has 1 aromatic rings. The van der Waals surface area contributed by atoms with Gasteiger partial charge in [-0.3, -0.25) is 14.4 Å². The number of sulfone groups is 1. The molecule has 1 N–H and O–H groups in total. The van der Waals surface area contributed by atoms with Crippen LogP contribution in [-0.4, -0.2) is 92.0 Å². The number of halogens is 1. The van der Waals surface area contributed by atoms with Crippen molar-refractivity contribution in [1.82, 2.24) is 15.2 Å². The normalized spacial score (nSPS) is 22.8. The van der Waals surface area contributed by atoms with Crippen LogP contribution in [-0.2, 0) is 24.2 Å². The van der Waals surface area contributed by atoms with Gasteiger partial charge in [0.15, 0.2) is 9.84 Å². The van der Waals surface area contributed by atoms with E-state index in [-0.39, 0.29) is 48.4 Å². The Bertz CT molecular complexity index is 1080.